The molecule has 0 bridgehead atoms. The highest BCUT2D eigenvalue weighted by Gasteiger charge is 2.07. The van der Waals surface area contributed by atoms with Crippen molar-refractivity contribution in [2.75, 3.05) is 18.4 Å². The lowest BCUT2D eigenvalue weighted by molar-refractivity contribution is -0.120. The molecule has 1 aromatic rings. The van der Waals surface area contributed by atoms with E-state index in [2.05, 4.69) is 20.6 Å². The van der Waals surface area contributed by atoms with Gasteiger partial charge in [0.2, 0.25) is 5.91 Å². The number of hydrogen-bond donors (Lipinski definition) is 2. The van der Waals surface area contributed by atoms with Gasteiger partial charge in [-0.25, -0.2) is 9.97 Å². The molecule has 0 aromatic carbocycles. The van der Waals surface area contributed by atoms with Crippen LogP contribution in [-0.4, -0.2) is 29.0 Å². The Kier molecular flexibility index (Phi) is 5.15. The lowest BCUT2D eigenvalue weighted by Crippen LogP contribution is -2.25. The van der Waals surface area contributed by atoms with E-state index in [0.717, 1.165) is 11.4 Å². The Morgan fingerprint density at radius 1 is 1.29 bits per heavy atom. The fourth-order valence-electron chi connectivity index (χ4n) is 1.27. The van der Waals surface area contributed by atoms with Gasteiger partial charge in [0, 0.05) is 19.5 Å². The fourth-order valence-corrected chi connectivity index (χ4v) is 1.50. The molecular weight excluding hydrogens is 240 g/mol. The maximum absolute atomic E-state index is 11.2. The van der Waals surface area contributed by atoms with E-state index in [9.17, 15) is 4.79 Å². The minimum Gasteiger partial charge on any atom is -0.367 e. The molecule has 0 aliphatic carbocycles. The summed E-state index contributed by atoms with van der Waals surface area (Å²) in [5, 5.41) is 6.06. The first-order valence-corrected chi connectivity index (χ1v) is 5.93. The highest BCUT2D eigenvalue weighted by Crippen LogP contribution is 2.17. The zero-order valence-corrected chi connectivity index (χ0v) is 11.1. The molecule has 1 rings (SSSR count). The second-order valence-electron chi connectivity index (χ2n) is 3.66. The monoisotopic (exact) mass is 256 g/mol. The van der Waals surface area contributed by atoms with Gasteiger partial charge < -0.3 is 10.6 Å². The zero-order valence-electron chi connectivity index (χ0n) is 10.3. The van der Waals surface area contributed by atoms with Crippen molar-refractivity contribution < 1.29 is 4.79 Å². The molecule has 1 amide bonds. The van der Waals surface area contributed by atoms with Crippen LogP contribution in [0.5, 0.6) is 0 Å². The van der Waals surface area contributed by atoms with E-state index in [1.807, 2.05) is 20.8 Å². The molecule has 0 atom stereocenters. The smallest absolute Gasteiger partial charge is 0.221 e. The summed E-state index contributed by atoms with van der Waals surface area (Å²) in [7, 11) is 0. The summed E-state index contributed by atoms with van der Waals surface area (Å²) >= 11 is 5.94. The van der Waals surface area contributed by atoms with Crippen molar-refractivity contribution in [2.24, 2.45) is 0 Å². The summed E-state index contributed by atoms with van der Waals surface area (Å²) in [5.74, 6) is 0.534. The minimum absolute atomic E-state index is 0.00733. The van der Waals surface area contributed by atoms with Crippen LogP contribution >= 0.6 is 11.6 Å². The molecule has 0 fully saturated rings. The molecule has 1 heterocycles. The van der Waals surface area contributed by atoms with Crippen LogP contribution in [0.3, 0.4) is 0 Å². The second-order valence-corrected chi connectivity index (χ2v) is 4.02. The SMILES string of the molecule is CCNC(=O)CCNc1nc(C)c(C)nc1Cl. The number of anilines is 1. The molecule has 0 radical (unpaired) electrons. The first kappa shape index (κ1) is 13.7. The number of hydrogen-bond acceptors (Lipinski definition) is 4. The first-order valence-electron chi connectivity index (χ1n) is 5.56. The van der Waals surface area contributed by atoms with Gasteiger partial charge in [0.25, 0.3) is 0 Å². The van der Waals surface area contributed by atoms with Gasteiger partial charge in [0.1, 0.15) is 0 Å². The van der Waals surface area contributed by atoms with Crippen LogP contribution in [0.1, 0.15) is 24.7 Å². The molecule has 0 aliphatic heterocycles. The van der Waals surface area contributed by atoms with Crippen molar-refractivity contribution in [3.63, 3.8) is 0 Å². The summed E-state index contributed by atoms with van der Waals surface area (Å²) in [6.45, 7) is 6.74. The molecule has 6 heteroatoms. The number of aryl methyl sites for hydroxylation is 2. The number of amides is 1. The van der Waals surface area contributed by atoms with E-state index in [0.29, 0.717) is 30.5 Å². The van der Waals surface area contributed by atoms with Crippen molar-refractivity contribution >= 4 is 23.3 Å². The van der Waals surface area contributed by atoms with Gasteiger partial charge in [-0.3, -0.25) is 4.79 Å². The van der Waals surface area contributed by atoms with Crippen molar-refractivity contribution in [2.45, 2.75) is 27.2 Å². The van der Waals surface area contributed by atoms with Crippen LogP contribution in [0.4, 0.5) is 5.82 Å². The molecule has 17 heavy (non-hydrogen) atoms. The lowest BCUT2D eigenvalue weighted by Gasteiger charge is -2.09. The molecular formula is C11H17ClN4O. The third-order valence-electron chi connectivity index (χ3n) is 2.28. The molecule has 94 valence electrons. The van der Waals surface area contributed by atoms with Gasteiger partial charge in [-0.1, -0.05) is 11.6 Å². The van der Waals surface area contributed by atoms with E-state index >= 15 is 0 Å². The Bertz CT molecular complexity index is 409. The van der Waals surface area contributed by atoms with E-state index in [1.165, 1.54) is 0 Å². The molecule has 0 aliphatic rings. The Morgan fingerprint density at radius 3 is 2.59 bits per heavy atom. The Morgan fingerprint density at radius 2 is 1.94 bits per heavy atom. The predicted molar refractivity (Wildman–Crippen MR) is 68.3 cm³/mol. The van der Waals surface area contributed by atoms with Crippen LogP contribution in [0.25, 0.3) is 0 Å². The van der Waals surface area contributed by atoms with Crippen LogP contribution in [0.15, 0.2) is 0 Å². The third kappa shape index (κ3) is 4.19. The van der Waals surface area contributed by atoms with Gasteiger partial charge >= 0.3 is 0 Å². The summed E-state index contributed by atoms with van der Waals surface area (Å²) in [6, 6.07) is 0. The molecule has 2 N–H and O–H groups in total. The maximum Gasteiger partial charge on any atom is 0.221 e. The van der Waals surface area contributed by atoms with Crippen LogP contribution in [0, 0.1) is 13.8 Å². The predicted octanol–water partition coefficient (Wildman–Crippen LogP) is 1.68. The Hall–Kier alpha value is -1.36. The van der Waals surface area contributed by atoms with Crippen LogP contribution in [-0.2, 0) is 4.79 Å². The molecule has 0 spiro atoms. The number of aromatic nitrogens is 2. The molecule has 5 nitrogen and oxygen atoms in total. The summed E-state index contributed by atoms with van der Waals surface area (Å²) in [6.07, 6.45) is 0.388. The quantitative estimate of drug-likeness (QED) is 0.841. The van der Waals surface area contributed by atoms with Crippen molar-refractivity contribution in [1.29, 1.82) is 0 Å². The maximum atomic E-state index is 11.2. The largest absolute Gasteiger partial charge is 0.367 e. The van der Waals surface area contributed by atoms with Crippen LogP contribution < -0.4 is 10.6 Å². The standard InChI is InChI=1S/C11H17ClN4O/c1-4-13-9(17)5-6-14-11-10(12)15-7(2)8(3)16-11/h4-6H2,1-3H3,(H,13,17)(H,14,16). The third-order valence-corrected chi connectivity index (χ3v) is 2.55. The summed E-state index contributed by atoms with van der Waals surface area (Å²) in [5.41, 5.74) is 1.64. The summed E-state index contributed by atoms with van der Waals surface area (Å²) in [4.78, 5) is 19.6. The normalized spacial score (nSPS) is 10.1. The van der Waals surface area contributed by atoms with Crippen molar-refractivity contribution in [3.05, 3.63) is 16.5 Å². The van der Waals surface area contributed by atoms with Crippen molar-refractivity contribution in [1.82, 2.24) is 15.3 Å². The Labute approximate surface area is 106 Å². The minimum atomic E-state index is 0.00733. The Balaban J connectivity index is 2.52. The first-order chi connectivity index (χ1) is 8.04. The van der Waals surface area contributed by atoms with E-state index in [-0.39, 0.29) is 5.91 Å². The molecule has 0 saturated carbocycles. The zero-order chi connectivity index (χ0) is 12.8. The van der Waals surface area contributed by atoms with E-state index in [1.54, 1.807) is 0 Å². The molecule has 0 unspecified atom stereocenters. The topological polar surface area (TPSA) is 66.9 Å². The number of nitrogens with zero attached hydrogens (tertiary/aromatic N) is 2. The van der Waals surface area contributed by atoms with E-state index < -0.39 is 0 Å². The second kappa shape index (κ2) is 6.39. The number of rotatable bonds is 5. The number of halogens is 1. The van der Waals surface area contributed by atoms with Gasteiger partial charge in [-0.15, -0.1) is 0 Å². The number of nitrogens with one attached hydrogen (secondary N) is 2. The van der Waals surface area contributed by atoms with Gasteiger partial charge in [0.05, 0.1) is 11.4 Å². The lowest BCUT2D eigenvalue weighted by atomic mass is 10.3. The summed E-state index contributed by atoms with van der Waals surface area (Å²) < 4.78 is 0. The van der Waals surface area contributed by atoms with E-state index in [4.69, 9.17) is 11.6 Å². The van der Waals surface area contributed by atoms with Gasteiger partial charge in [-0.05, 0) is 20.8 Å². The highest BCUT2D eigenvalue weighted by molar-refractivity contribution is 6.31. The number of carbonyl (C=O) groups is 1. The average Bonchev–Trinajstić information content (AvgIpc) is 2.26. The van der Waals surface area contributed by atoms with Crippen molar-refractivity contribution in [3.8, 4) is 0 Å². The van der Waals surface area contributed by atoms with Gasteiger partial charge in [-0.2, -0.15) is 0 Å². The van der Waals surface area contributed by atoms with Crippen LogP contribution in [0.2, 0.25) is 5.15 Å². The highest BCUT2D eigenvalue weighted by atomic mass is 35.5. The fraction of sp³-hybridized carbons (Fsp3) is 0.545. The van der Waals surface area contributed by atoms with Gasteiger partial charge in [0.15, 0.2) is 11.0 Å². The number of carbonyl (C=O) groups excluding carboxylic acids is 1. The molecule has 1 aromatic heterocycles. The molecule has 0 saturated heterocycles. The average molecular weight is 257 g/mol.